The molecule has 0 fully saturated rings. The molecule has 0 unspecified atom stereocenters. The first-order valence-electron chi connectivity index (χ1n) is 5.17. The monoisotopic (exact) mass is 230 g/mol. The molecular formula is C12H10N2OS. The zero-order valence-electron chi connectivity index (χ0n) is 8.56. The van der Waals surface area contributed by atoms with Crippen LogP contribution in [0.1, 0.15) is 12.8 Å². The van der Waals surface area contributed by atoms with Crippen LogP contribution < -0.4 is 0 Å². The van der Waals surface area contributed by atoms with Crippen LogP contribution in [0.4, 0.5) is 0 Å². The number of nitrogens with one attached hydrogen (secondary N) is 1. The number of benzene rings is 1. The molecule has 0 radical (unpaired) electrons. The molecule has 1 aliphatic rings. The summed E-state index contributed by atoms with van der Waals surface area (Å²) in [5.41, 5.74) is 2.00. The van der Waals surface area contributed by atoms with Crippen LogP contribution in [0.5, 0.6) is 0 Å². The standard InChI is InChI=1S/C12H10N2OS/c15-8-5-6-9(7-8)16-12-13-10-3-1-2-4-11(10)14-12/h1-4,7H,5-6H2,(H,13,14). The van der Waals surface area contributed by atoms with E-state index in [2.05, 4.69) is 9.97 Å². The van der Waals surface area contributed by atoms with Crippen molar-refractivity contribution in [3.05, 3.63) is 35.2 Å². The summed E-state index contributed by atoms with van der Waals surface area (Å²) in [5.74, 6) is 0.221. The minimum atomic E-state index is 0.221. The maximum absolute atomic E-state index is 11.1. The van der Waals surface area contributed by atoms with Gasteiger partial charge in [0.15, 0.2) is 10.9 Å². The molecule has 1 aliphatic carbocycles. The number of fused-ring (bicyclic) bond motifs is 1. The molecule has 1 aromatic carbocycles. The lowest BCUT2D eigenvalue weighted by Crippen LogP contribution is -1.80. The van der Waals surface area contributed by atoms with Gasteiger partial charge in [-0.25, -0.2) is 4.98 Å². The number of imidazole rings is 1. The lowest BCUT2D eigenvalue weighted by atomic mass is 10.3. The van der Waals surface area contributed by atoms with Crippen molar-refractivity contribution in [2.45, 2.75) is 18.0 Å². The van der Waals surface area contributed by atoms with Crippen LogP contribution in [0.25, 0.3) is 11.0 Å². The van der Waals surface area contributed by atoms with E-state index in [4.69, 9.17) is 0 Å². The number of nitrogens with zero attached hydrogens (tertiary/aromatic N) is 1. The van der Waals surface area contributed by atoms with Gasteiger partial charge >= 0.3 is 0 Å². The van der Waals surface area contributed by atoms with Gasteiger partial charge in [-0.3, -0.25) is 4.79 Å². The highest BCUT2D eigenvalue weighted by molar-refractivity contribution is 8.03. The van der Waals surface area contributed by atoms with Gasteiger partial charge < -0.3 is 4.98 Å². The Kier molecular flexibility index (Phi) is 2.29. The Morgan fingerprint density at radius 2 is 2.12 bits per heavy atom. The summed E-state index contributed by atoms with van der Waals surface area (Å²) in [6.45, 7) is 0. The number of rotatable bonds is 2. The van der Waals surface area contributed by atoms with Crippen molar-refractivity contribution in [3.63, 3.8) is 0 Å². The van der Waals surface area contributed by atoms with Crippen LogP contribution in [0.2, 0.25) is 0 Å². The second-order valence-electron chi connectivity index (χ2n) is 3.74. The summed E-state index contributed by atoms with van der Waals surface area (Å²) in [7, 11) is 0. The SMILES string of the molecule is O=C1C=C(Sc2nc3ccccc3[nH]2)CC1. The first-order valence-corrected chi connectivity index (χ1v) is 5.99. The molecular weight excluding hydrogens is 220 g/mol. The van der Waals surface area contributed by atoms with Gasteiger partial charge in [0.25, 0.3) is 0 Å². The van der Waals surface area contributed by atoms with E-state index in [1.54, 1.807) is 17.8 Å². The molecule has 2 aromatic rings. The molecule has 0 atom stereocenters. The number of thioether (sulfide) groups is 1. The van der Waals surface area contributed by atoms with Crippen molar-refractivity contribution in [1.29, 1.82) is 0 Å². The lowest BCUT2D eigenvalue weighted by molar-refractivity contribution is -0.114. The summed E-state index contributed by atoms with van der Waals surface area (Å²) >= 11 is 1.55. The van der Waals surface area contributed by atoms with Crippen molar-refractivity contribution in [3.8, 4) is 0 Å². The average molecular weight is 230 g/mol. The largest absolute Gasteiger partial charge is 0.333 e. The van der Waals surface area contributed by atoms with Crippen LogP contribution in [0.3, 0.4) is 0 Å². The quantitative estimate of drug-likeness (QED) is 0.862. The van der Waals surface area contributed by atoms with Gasteiger partial charge in [-0.05, 0) is 29.5 Å². The smallest absolute Gasteiger partial charge is 0.170 e. The minimum absolute atomic E-state index is 0.221. The highest BCUT2D eigenvalue weighted by Crippen LogP contribution is 2.32. The van der Waals surface area contributed by atoms with Gasteiger partial charge in [-0.15, -0.1) is 0 Å². The Balaban J connectivity index is 1.90. The zero-order valence-corrected chi connectivity index (χ0v) is 9.38. The fourth-order valence-electron chi connectivity index (χ4n) is 1.75. The third-order valence-corrected chi connectivity index (χ3v) is 3.51. The maximum atomic E-state index is 11.1. The summed E-state index contributed by atoms with van der Waals surface area (Å²) < 4.78 is 0. The van der Waals surface area contributed by atoms with E-state index >= 15 is 0 Å². The normalized spacial score (nSPS) is 15.8. The average Bonchev–Trinajstić information content (AvgIpc) is 2.84. The number of aromatic nitrogens is 2. The van der Waals surface area contributed by atoms with E-state index < -0.39 is 0 Å². The van der Waals surface area contributed by atoms with Gasteiger partial charge in [0.1, 0.15) is 0 Å². The third kappa shape index (κ3) is 1.76. The Morgan fingerprint density at radius 3 is 2.88 bits per heavy atom. The van der Waals surface area contributed by atoms with Gasteiger partial charge in [-0.1, -0.05) is 23.9 Å². The highest BCUT2D eigenvalue weighted by atomic mass is 32.2. The Hall–Kier alpha value is -1.55. The molecule has 4 heteroatoms. The molecule has 3 rings (SSSR count). The number of hydrogen-bond acceptors (Lipinski definition) is 3. The topological polar surface area (TPSA) is 45.8 Å². The first-order chi connectivity index (χ1) is 7.81. The Morgan fingerprint density at radius 1 is 1.25 bits per heavy atom. The lowest BCUT2D eigenvalue weighted by Gasteiger charge is -1.94. The Labute approximate surface area is 97.0 Å². The van der Waals surface area contributed by atoms with Crippen molar-refractivity contribution in [2.75, 3.05) is 0 Å². The summed E-state index contributed by atoms with van der Waals surface area (Å²) in [5, 5.41) is 0.863. The molecule has 1 N–H and O–H groups in total. The van der Waals surface area contributed by atoms with Gasteiger partial charge in [0, 0.05) is 6.42 Å². The number of para-hydroxylation sites is 2. The summed E-state index contributed by atoms with van der Waals surface area (Å²) in [6, 6.07) is 7.92. The number of H-pyrrole nitrogens is 1. The molecule has 0 amide bonds. The number of allylic oxidation sites excluding steroid dienone is 2. The molecule has 1 aromatic heterocycles. The molecule has 0 aliphatic heterocycles. The summed E-state index contributed by atoms with van der Waals surface area (Å²) in [6.07, 6.45) is 3.21. The fourth-order valence-corrected chi connectivity index (χ4v) is 2.70. The number of carbonyl (C=O) groups is 1. The van der Waals surface area contributed by atoms with Crippen LogP contribution in [0, 0.1) is 0 Å². The van der Waals surface area contributed by atoms with E-state index in [0.717, 1.165) is 27.5 Å². The predicted octanol–water partition coefficient (Wildman–Crippen LogP) is 2.90. The molecule has 0 bridgehead atoms. The van der Waals surface area contributed by atoms with Crippen LogP contribution in [-0.4, -0.2) is 15.8 Å². The number of hydrogen-bond donors (Lipinski definition) is 1. The molecule has 0 spiro atoms. The van der Waals surface area contributed by atoms with Crippen LogP contribution >= 0.6 is 11.8 Å². The molecule has 80 valence electrons. The van der Waals surface area contributed by atoms with Crippen LogP contribution in [-0.2, 0) is 4.79 Å². The van der Waals surface area contributed by atoms with Crippen LogP contribution in [0.15, 0.2) is 40.4 Å². The number of ketones is 1. The molecule has 16 heavy (non-hydrogen) atoms. The predicted molar refractivity (Wildman–Crippen MR) is 64.3 cm³/mol. The zero-order chi connectivity index (χ0) is 11.0. The van der Waals surface area contributed by atoms with E-state index in [1.165, 1.54) is 0 Å². The molecule has 3 nitrogen and oxygen atoms in total. The van der Waals surface area contributed by atoms with Gasteiger partial charge in [0.2, 0.25) is 0 Å². The number of aromatic amines is 1. The second-order valence-corrected chi connectivity index (χ2v) is 4.85. The van der Waals surface area contributed by atoms with Crippen molar-refractivity contribution in [2.24, 2.45) is 0 Å². The minimum Gasteiger partial charge on any atom is -0.333 e. The fraction of sp³-hybridized carbons (Fsp3) is 0.167. The van der Waals surface area contributed by atoms with E-state index in [1.807, 2.05) is 24.3 Å². The van der Waals surface area contributed by atoms with E-state index in [0.29, 0.717) is 6.42 Å². The van der Waals surface area contributed by atoms with Gasteiger partial charge in [0.05, 0.1) is 11.0 Å². The first kappa shape index (κ1) is 9.66. The van der Waals surface area contributed by atoms with E-state index in [-0.39, 0.29) is 5.78 Å². The molecule has 1 heterocycles. The second kappa shape index (κ2) is 3.79. The highest BCUT2D eigenvalue weighted by Gasteiger charge is 2.14. The van der Waals surface area contributed by atoms with Crippen molar-refractivity contribution >= 4 is 28.6 Å². The third-order valence-electron chi connectivity index (χ3n) is 2.54. The Bertz CT molecular complexity index is 552. The summed E-state index contributed by atoms with van der Waals surface area (Å²) in [4.78, 5) is 19.9. The molecule has 0 saturated carbocycles. The maximum Gasteiger partial charge on any atom is 0.170 e. The molecule has 0 saturated heterocycles. The number of carbonyl (C=O) groups excluding carboxylic acids is 1. The van der Waals surface area contributed by atoms with Crippen molar-refractivity contribution in [1.82, 2.24) is 9.97 Å². The van der Waals surface area contributed by atoms with E-state index in [9.17, 15) is 4.79 Å². The van der Waals surface area contributed by atoms with Gasteiger partial charge in [-0.2, -0.15) is 0 Å². The van der Waals surface area contributed by atoms with Crippen molar-refractivity contribution < 1.29 is 4.79 Å².